The Morgan fingerprint density at radius 3 is 2.58 bits per heavy atom. The van der Waals surface area contributed by atoms with Crippen LogP contribution >= 0.6 is 0 Å². The topological polar surface area (TPSA) is 110 Å². The van der Waals surface area contributed by atoms with Crippen LogP contribution in [0.5, 0.6) is 0 Å². The molecule has 0 radical (unpaired) electrons. The van der Waals surface area contributed by atoms with E-state index in [0.717, 1.165) is 74.1 Å². The van der Waals surface area contributed by atoms with Crippen LogP contribution in [0, 0.1) is 0 Å². The number of carbonyl (C=O) groups is 1. The summed E-state index contributed by atoms with van der Waals surface area (Å²) in [4.78, 5) is 29.6. The van der Waals surface area contributed by atoms with Gasteiger partial charge in [0.05, 0.1) is 30.8 Å². The second-order valence-corrected chi connectivity index (χ2v) is 8.20. The van der Waals surface area contributed by atoms with E-state index in [2.05, 4.69) is 30.1 Å². The smallest absolute Gasteiger partial charge is 0.240 e. The molecule has 1 amide bonds. The van der Waals surface area contributed by atoms with Crippen molar-refractivity contribution in [2.45, 2.75) is 18.9 Å². The second-order valence-electron chi connectivity index (χ2n) is 8.20. The summed E-state index contributed by atoms with van der Waals surface area (Å²) in [5.41, 5.74) is 9.16. The molecule has 2 fully saturated rings. The predicted octanol–water partition coefficient (Wildman–Crippen LogP) is 2.57. The van der Waals surface area contributed by atoms with Gasteiger partial charge in [-0.3, -0.25) is 4.79 Å². The van der Waals surface area contributed by atoms with Crippen LogP contribution in [0.15, 0.2) is 54.9 Å². The molecule has 2 aromatic heterocycles. The number of morpholine rings is 1. The maximum absolute atomic E-state index is 11.7. The van der Waals surface area contributed by atoms with E-state index >= 15 is 0 Å². The van der Waals surface area contributed by atoms with Crippen LogP contribution in [0.4, 0.5) is 23.1 Å². The molecule has 9 nitrogen and oxygen atoms in total. The molecule has 2 aliphatic rings. The molecule has 0 spiro atoms. The zero-order chi connectivity index (χ0) is 22.6. The maximum atomic E-state index is 11.7. The molecule has 2 saturated heterocycles. The Kier molecular flexibility index (Phi) is 6.03. The number of primary amides is 1. The average molecular weight is 446 g/mol. The van der Waals surface area contributed by atoms with E-state index in [1.807, 2.05) is 42.5 Å². The zero-order valence-electron chi connectivity index (χ0n) is 18.4. The van der Waals surface area contributed by atoms with Crippen molar-refractivity contribution < 1.29 is 9.53 Å². The van der Waals surface area contributed by atoms with Crippen molar-refractivity contribution >= 4 is 29.0 Å². The number of amides is 1. The lowest BCUT2D eigenvalue weighted by Gasteiger charge is -2.27. The lowest BCUT2D eigenvalue weighted by Crippen LogP contribution is -2.40. The molecule has 9 heteroatoms. The Hall–Kier alpha value is -3.72. The number of nitrogens with two attached hydrogens (primary N) is 1. The van der Waals surface area contributed by atoms with Crippen LogP contribution in [0.1, 0.15) is 12.8 Å². The average Bonchev–Trinajstić information content (AvgIpc) is 3.36. The van der Waals surface area contributed by atoms with Crippen LogP contribution in [0.3, 0.4) is 0 Å². The number of nitrogens with one attached hydrogen (secondary N) is 1. The molecule has 2 aliphatic heterocycles. The number of hydrogen-bond acceptors (Lipinski definition) is 8. The summed E-state index contributed by atoms with van der Waals surface area (Å²) in [6.07, 6.45) is 5.30. The number of anilines is 4. The van der Waals surface area contributed by atoms with E-state index in [1.54, 1.807) is 12.4 Å². The van der Waals surface area contributed by atoms with Gasteiger partial charge in [0.15, 0.2) is 0 Å². The van der Waals surface area contributed by atoms with Crippen LogP contribution in [-0.2, 0) is 9.53 Å². The first kappa shape index (κ1) is 21.1. The van der Waals surface area contributed by atoms with Crippen molar-refractivity contribution in [2.75, 3.05) is 48.0 Å². The quantitative estimate of drug-likeness (QED) is 0.596. The summed E-state index contributed by atoms with van der Waals surface area (Å²) in [5.74, 6) is 1.18. The molecule has 0 aliphatic carbocycles. The van der Waals surface area contributed by atoms with E-state index in [-0.39, 0.29) is 11.9 Å². The van der Waals surface area contributed by atoms with E-state index in [9.17, 15) is 4.79 Å². The first-order chi connectivity index (χ1) is 16.2. The fourth-order valence-corrected chi connectivity index (χ4v) is 4.34. The Morgan fingerprint density at radius 2 is 1.85 bits per heavy atom. The fourth-order valence-electron chi connectivity index (χ4n) is 4.34. The number of benzene rings is 1. The van der Waals surface area contributed by atoms with Gasteiger partial charge in [-0.05, 0) is 43.2 Å². The van der Waals surface area contributed by atoms with Gasteiger partial charge in [0.1, 0.15) is 11.9 Å². The normalized spacial score (nSPS) is 18.4. The number of carbonyl (C=O) groups excluding carboxylic acids is 1. The number of nitrogens with zero attached hydrogens (tertiary/aromatic N) is 5. The van der Waals surface area contributed by atoms with Crippen molar-refractivity contribution in [1.29, 1.82) is 0 Å². The molecule has 1 aromatic carbocycles. The first-order valence-electron chi connectivity index (χ1n) is 11.2. The molecule has 3 N–H and O–H groups in total. The number of aromatic nitrogens is 3. The summed E-state index contributed by atoms with van der Waals surface area (Å²) in [6, 6.07) is 13.7. The molecule has 3 aromatic rings. The molecule has 33 heavy (non-hydrogen) atoms. The number of ether oxygens (including phenoxy) is 1. The second kappa shape index (κ2) is 9.41. The Bertz CT molecular complexity index is 1100. The summed E-state index contributed by atoms with van der Waals surface area (Å²) >= 11 is 0. The highest BCUT2D eigenvalue weighted by Crippen LogP contribution is 2.28. The van der Waals surface area contributed by atoms with Gasteiger partial charge in [-0.1, -0.05) is 12.1 Å². The predicted molar refractivity (Wildman–Crippen MR) is 128 cm³/mol. The van der Waals surface area contributed by atoms with Crippen LogP contribution in [-0.4, -0.2) is 59.7 Å². The summed E-state index contributed by atoms with van der Waals surface area (Å²) in [5, 5.41) is 3.23. The van der Waals surface area contributed by atoms with Gasteiger partial charge in [0, 0.05) is 37.1 Å². The minimum Gasteiger partial charge on any atom is -0.378 e. The highest BCUT2D eigenvalue weighted by atomic mass is 16.5. The summed E-state index contributed by atoms with van der Waals surface area (Å²) < 4.78 is 5.40. The summed E-state index contributed by atoms with van der Waals surface area (Å²) in [6.45, 7) is 4.00. The molecule has 0 bridgehead atoms. The lowest BCUT2D eigenvalue weighted by atomic mass is 10.1. The van der Waals surface area contributed by atoms with E-state index in [0.29, 0.717) is 5.95 Å². The first-order valence-corrected chi connectivity index (χ1v) is 11.2. The molecule has 170 valence electrons. The maximum Gasteiger partial charge on any atom is 0.240 e. The number of rotatable bonds is 6. The Balaban J connectivity index is 1.28. The van der Waals surface area contributed by atoms with Gasteiger partial charge in [-0.25, -0.2) is 15.0 Å². The molecule has 5 rings (SSSR count). The molecule has 1 atom stereocenters. The van der Waals surface area contributed by atoms with Crippen LogP contribution in [0.25, 0.3) is 11.3 Å². The molecule has 0 unspecified atom stereocenters. The fraction of sp³-hybridized carbons (Fsp3) is 0.333. The van der Waals surface area contributed by atoms with Crippen molar-refractivity contribution in [3.63, 3.8) is 0 Å². The van der Waals surface area contributed by atoms with E-state index in [1.165, 1.54) is 0 Å². The van der Waals surface area contributed by atoms with Gasteiger partial charge in [-0.2, -0.15) is 0 Å². The van der Waals surface area contributed by atoms with Crippen molar-refractivity contribution in [3.8, 4) is 11.3 Å². The van der Waals surface area contributed by atoms with Crippen molar-refractivity contribution in [2.24, 2.45) is 5.73 Å². The molecular weight excluding hydrogens is 418 g/mol. The minimum atomic E-state index is -0.268. The zero-order valence-corrected chi connectivity index (χ0v) is 18.4. The van der Waals surface area contributed by atoms with Gasteiger partial charge in [0.2, 0.25) is 11.9 Å². The third-order valence-electron chi connectivity index (χ3n) is 6.07. The Morgan fingerprint density at radius 1 is 1.03 bits per heavy atom. The van der Waals surface area contributed by atoms with Crippen LogP contribution in [0.2, 0.25) is 0 Å². The standard InChI is InChI=1S/C24H27N7O2/c25-23(32)21-2-1-11-31(21)19-6-3-17(4-7-19)20-9-10-26-24(29-20)28-18-5-8-22(27-16-18)30-12-14-33-15-13-30/h3-10,16,21H,1-2,11-15H2,(H2,25,32)(H,26,28,29)/t21-/m1/s1. The number of pyridine rings is 1. The largest absolute Gasteiger partial charge is 0.378 e. The van der Waals surface area contributed by atoms with Crippen molar-refractivity contribution in [3.05, 3.63) is 54.9 Å². The third kappa shape index (κ3) is 4.73. The SMILES string of the molecule is NC(=O)[C@H]1CCCN1c1ccc(-c2ccnc(Nc3ccc(N4CCOCC4)nc3)n2)cc1. The molecular formula is C24H27N7O2. The van der Waals surface area contributed by atoms with E-state index < -0.39 is 0 Å². The van der Waals surface area contributed by atoms with Gasteiger partial charge in [-0.15, -0.1) is 0 Å². The minimum absolute atomic E-state index is 0.228. The number of hydrogen-bond donors (Lipinski definition) is 2. The molecule has 0 saturated carbocycles. The lowest BCUT2D eigenvalue weighted by molar-refractivity contribution is -0.119. The van der Waals surface area contributed by atoms with Crippen molar-refractivity contribution in [1.82, 2.24) is 15.0 Å². The Labute approximate surface area is 192 Å². The monoisotopic (exact) mass is 445 g/mol. The highest BCUT2D eigenvalue weighted by molar-refractivity contribution is 5.84. The third-order valence-corrected chi connectivity index (χ3v) is 6.07. The van der Waals surface area contributed by atoms with Crippen LogP contribution < -0.4 is 20.9 Å². The summed E-state index contributed by atoms with van der Waals surface area (Å²) in [7, 11) is 0. The van der Waals surface area contributed by atoms with Gasteiger partial charge >= 0.3 is 0 Å². The van der Waals surface area contributed by atoms with Gasteiger partial charge in [0.25, 0.3) is 0 Å². The molecule has 4 heterocycles. The van der Waals surface area contributed by atoms with E-state index in [4.69, 9.17) is 10.5 Å². The van der Waals surface area contributed by atoms with Gasteiger partial charge < -0.3 is 25.6 Å². The highest BCUT2D eigenvalue weighted by Gasteiger charge is 2.29.